The number of nitrogens with zero attached hydrogens (tertiary/aromatic N) is 3. The zero-order valence-corrected chi connectivity index (χ0v) is 13.6. The van der Waals surface area contributed by atoms with Gasteiger partial charge >= 0.3 is 0 Å². The van der Waals surface area contributed by atoms with Crippen molar-refractivity contribution in [2.45, 2.75) is 65.5 Å². The second kappa shape index (κ2) is 6.70. The Bertz CT molecular complexity index is 410. The van der Waals surface area contributed by atoms with Crippen molar-refractivity contribution in [2.75, 3.05) is 7.05 Å². The van der Waals surface area contributed by atoms with Gasteiger partial charge in [-0.3, -0.25) is 0 Å². The molecular weight excluding hydrogens is 248 g/mol. The molecule has 1 aromatic heterocycles. The standard InChI is InChI=1S/C16H30N4/c1-11(2)13-6-7-15(17-5)14(8-13)9-16-18-10-19-20(16)12(3)4/h10-15,17H,6-9H2,1-5H3. The first kappa shape index (κ1) is 15.5. The van der Waals surface area contributed by atoms with Crippen molar-refractivity contribution in [2.24, 2.45) is 17.8 Å². The summed E-state index contributed by atoms with van der Waals surface area (Å²) in [6.07, 6.45) is 6.71. The summed E-state index contributed by atoms with van der Waals surface area (Å²) in [6, 6.07) is 1.02. The fraction of sp³-hybridized carbons (Fsp3) is 0.875. The number of nitrogens with one attached hydrogen (secondary N) is 1. The van der Waals surface area contributed by atoms with Crippen LogP contribution in [-0.4, -0.2) is 27.9 Å². The van der Waals surface area contributed by atoms with Gasteiger partial charge in [0, 0.05) is 18.5 Å². The van der Waals surface area contributed by atoms with Gasteiger partial charge in [-0.2, -0.15) is 5.10 Å². The molecule has 1 aliphatic rings. The lowest BCUT2D eigenvalue weighted by molar-refractivity contribution is 0.169. The van der Waals surface area contributed by atoms with Crippen LogP contribution in [-0.2, 0) is 6.42 Å². The average Bonchev–Trinajstić information content (AvgIpc) is 2.87. The second-order valence-corrected chi connectivity index (χ2v) is 6.89. The summed E-state index contributed by atoms with van der Waals surface area (Å²) in [6.45, 7) is 9.06. The molecular formula is C16H30N4. The van der Waals surface area contributed by atoms with E-state index in [2.05, 4.69) is 54.8 Å². The van der Waals surface area contributed by atoms with E-state index in [-0.39, 0.29) is 0 Å². The molecule has 0 saturated heterocycles. The smallest absolute Gasteiger partial charge is 0.138 e. The van der Waals surface area contributed by atoms with E-state index in [9.17, 15) is 0 Å². The third-order valence-corrected chi connectivity index (χ3v) is 4.92. The number of hydrogen-bond donors (Lipinski definition) is 1. The number of aromatic nitrogens is 3. The second-order valence-electron chi connectivity index (χ2n) is 6.89. The van der Waals surface area contributed by atoms with E-state index in [0.29, 0.717) is 18.0 Å². The first-order valence-corrected chi connectivity index (χ1v) is 8.08. The largest absolute Gasteiger partial charge is 0.317 e. The van der Waals surface area contributed by atoms with Crippen molar-refractivity contribution in [3.63, 3.8) is 0 Å². The van der Waals surface area contributed by atoms with Crippen molar-refractivity contribution in [3.05, 3.63) is 12.2 Å². The summed E-state index contributed by atoms with van der Waals surface area (Å²) in [5.74, 6) is 3.48. The van der Waals surface area contributed by atoms with Crippen LogP contribution in [0.15, 0.2) is 6.33 Å². The highest BCUT2D eigenvalue weighted by molar-refractivity contribution is 4.95. The molecule has 4 nitrogen and oxygen atoms in total. The highest BCUT2D eigenvalue weighted by Gasteiger charge is 2.32. The summed E-state index contributed by atoms with van der Waals surface area (Å²) in [5.41, 5.74) is 0. The van der Waals surface area contributed by atoms with Gasteiger partial charge in [0.25, 0.3) is 0 Å². The van der Waals surface area contributed by atoms with Gasteiger partial charge in [0.2, 0.25) is 0 Å². The van der Waals surface area contributed by atoms with Crippen LogP contribution in [0.1, 0.15) is 58.8 Å². The van der Waals surface area contributed by atoms with Crippen LogP contribution in [0, 0.1) is 17.8 Å². The van der Waals surface area contributed by atoms with Crippen LogP contribution < -0.4 is 5.32 Å². The van der Waals surface area contributed by atoms with E-state index in [1.807, 2.05) is 0 Å². The molecule has 0 aliphatic heterocycles. The van der Waals surface area contributed by atoms with Gasteiger partial charge in [0.05, 0.1) is 0 Å². The fourth-order valence-electron chi connectivity index (χ4n) is 3.60. The third-order valence-electron chi connectivity index (χ3n) is 4.92. The van der Waals surface area contributed by atoms with Gasteiger partial charge in [0.15, 0.2) is 0 Å². The Kier molecular flexibility index (Phi) is 5.19. The maximum Gasteiger partial charge on any atom is 0.138 e. The minimum Gasteiger partial charge on any atom is -0.317 e. The normalized spacial score (nSPS) is 27.4. The maximum absolute atomic E-state index is 4.49. The zero-order chi connectivity index (χ0) is 14.7. The Morgan fingerprint density at radius 1 is 1.30 bits per heavy atom. The van der Waals surface area contributed by atoms with E-state index in [1.165, 1.54) is 19.3 Å². The monoisotopic (exact) mass is 278 g/mol. The Labute approximate surface area is 123 Å². The molecule has 3 unspecified atom stereocenters. The molecule has 1 aliphatic carbocycles. The minimum atomic E-state index is 0.394. The Morgan fingerprint density at radius 2 is 2.05 bits per heavy atom. The molecule has 1 aromatic rings. The van der Waals surface area contributed by atoms with Gasteiger partial charge in [-0.05, 0) is 57.9 Å². The third kappa shape index (κ3) is 3.40. The Morgan fingerprint density at radius 3 is 2.65 bits per heavy atom. The molecule has 0 amide bonds. The molecule has 20 heavy (non-hydrogen) atoms. The molecule has 1 fully saturated rings. The van der Waals surface area contributed by atoms with Crippen molar-refractivity contribution in [3.8, 4) is 0 Å². The maximum atomic E-state index is 4.49. The minimum absolute atomic E-state index is 0.394. The molecule has 4 heteroatoms. The summed E-state index contributed by atoms with van der Waals surface area (Å²) < 4.78 is 2.08. The average molecular weight is 278 g/mol. The molecule has 1 N–H and O–H groups in total. The quantitative estimate of drug-likeness (QED) is 0.900. The van der Waals surface area contributed by atoms with Crippen LogP contribution in [0.4, 0.5) is 0 Å². The molecule has 0 bridgehead atoms. The van der Waals surface area contributed by atoms with Crippen LogP contribution in [0.5, 0.6) is 0 Å². The van der Waals surface area contributed by atoms with Gasteiger partial charge < -0.3 is 5.32 Å². The Hall–Kier alpha value is -0.900. The molecule has 0 radical (unpaired) electrons. The summed E-state index contributed by atoms with van der Waals surface area (Å²) in [5, 5.41) is 7.89. The van der Waals surface area contributed by atoms with Gasteiger partial charge in [-0.15, -0.1) is 0 Å². The fourth-order valence-corrected chi connectivity index (χ4v) is 3.60. The highest BCUT2D eigenvalue weighted by Crippen LogP contribution is 2.35. The van der Waals surface area contributed by atoms with Crippen molar-refractivity contribution in [1.82, 2.24) is 20.1 Å². The van der Waals surface area contributed by atoms with Crippen molar-refractivity contribution in [1.29, 1.82) is 0 Å². The summed E-state index contributed by atoms with van der Waals surface area (Å²) in [7, 11) is 2.10. The Balaban J connectivity index is 2.09. The SMILES string of the molecule is CNC1CCC(C(C)C)CC1Cc1ncnn1C(C)C. The van der Waals surface area contributed by atoms with Gasteiger partial charge in [-0.25, -0.2) is 9.67 Å². The van der Waals surface area contributed by atoms with Crippen LogP contribution in [0.3, 0.4) is 0 Å². The molecule has 3 atom stereocenters. The molecule has 2 rings (SSSR count). The lowest BCUT2D eigenvalue weighted by Gasteiger charge is -2.37. The lowest BCUT2D eigenvalue weighted by Crippen LogP contribution is -2.41. The van der Waals surface area contributed by atoms with E-state index < -0.39 is 0 Å². The summed E-state index contributed by atoms with van der Waals surface area (Å²) in [4.78, 5) is 4.49. The molecule has 1 heterocycles. The van der Waals surface area contributed by atoms with Crippen LogP contribution in [0.2, 0.25) is 0 Å². The van der Waals surface area contributed by atoms with Gasteiger partial charge in [0.1, 0.15) is 12.2 Å². The lowest BCUT2D eigenvalue weighted by atomic mass is 9.72. The molecule has 1 saturated carbocycles. The predicted octanol–water partition coefficient (Wildman–Crippen LogP) is 3.06. The van der Waals surface area contributed by atoms with Crippen molar-refractivity contribution >= 4 is 0 Å². The molecule has 0 spiro atoms. The van der Waals surface area contributed by atoms with Crippen LogP contribution >= 0.6 is 0 Å². The number of hydrogen-bond acceptors (Lipinski definition) is 3. The topological polar surface area (TPSA) is 42.7 Å². The van der Waals surface area contributed by atoms with Crippen molar-refractivity contribution < 1.29 is 0 Å². The zero-order valence-electron chi connectivity index (χ0n) is 13.6. The summed E-state index contributed by atoms with van der Waals surface area (Å²) >= 11 is 0. The first-order chi connectivity index (χ1) is 9.52. The van der Waals surface area contributed by atoms with Gasteiger partial charge in [-0.1, -0.05) is 13.8 Å². The molecule has 0 aromatic carbocycles. The number of rotatable bonds is 5. The van der Waals surface area contributed by atoms with Crippen LogP contribution in [0.25, 0.3) is 0 Å². The first-order valence-electron chi connectivity index (χ1n) is 8.08. The predicted molar refractivity (Wildman–Crippen MR) is 82.6 cm³/mol. The molecule has 114 valence electrons. The highest BCUT2D eigenvalue weighted by atomic mass is 15.3. The van der Waals surface area contributed by atoms with E-state index in [4.69, 9.17) is 0 Å². The van der Waals surface area contributed by atoms with E-state index in [1.54, 1.807) is 6.33 Å². The van der Waals surface area contributed by atoms with E-state index >= 15 is 0 Å². The van der Waals surface area contributed by atoms with E-state index in [0.717, 1.165) is 24.1 Å².